The van der Waals surface area contributed by atoms with Crippen LogP contribution in [0.2, 0.25) is 0 Å². The van der Waals surface area contributed by atoms with Gasteiger partial charge in [-0.3, -0.25) is 14.9 Å². The Bertz CT molecular complexity index is 866. The van der Waals surface area contributed by atoms with Crippen LogP contribution in [-0.4, -0.2) is 22.9 Å². The largest absolute Gasteiger partial charge is 0.449 e. The number of nitrogens with zero attached hydrogens (tertiary/aromatic N) is 1. The zero-order valence-corrected chi connectivity index (χ0v) is 13.7. The van der Waals surface area contributed by atoms with E-state index >= 15 is 0 Å². The molecule has 0 saturated carbocycles. The fraction of sp³-hybridized carbons (Fsp3) is 0.111. The van der Waals surface area contributed by atoms with Crippen LogP contribution in [0, 0.1) is 15.9 Å². The van der Waals surface area contributed by atoms with Crippen LogP contribution >= 0.6 is 0 Å². The Kier molecular flexibility index (Phi) is 6.15. The third kappa shape index (κ3) is 5.52. The molecule has 7 nitrogen and oxygen atoms in total. The summed E-state index contributed by atoms with van der Waals surface area (Å²) >= 11 is 0. The van der Waals surface area contributed by atoms with Gasteiger partial charge in [-0.1, -0.05) is 18.2 Å². The fourth-order valence-electron chi connectivity index (χ4n) is 1.98. The third-order valence-corrected chi connectivity index (χ3v) is 3.25. The number of benzene rings is 2. The molecule has 134 valence electrons. The molecule has 2 aromatic rings. The minimum atomic E-state index is -1.13. The number of halogens is 1. The van der Waals surface area contributed by atoms with Crippen molar-refractivity contribution < 1.29 is 23.6 Å². The van der Waals surface area contributed by atoms with Gasteiger partial charge in [-0.25, -0.2) is 9.18 Å². The van der Waals surface area contributed by atoms with E-state index in [4.69, 9.17) is 4.74 Å². The highest BCUT2D eigenvalue weighted by Crippen LogP contribution is 2.17. The van der Waals surface area contributed by atoms with Crippen molar-refractivity contribution in [2.24, 2.45) is 0 Å². The maximum Gasteiger partial charge on any atom is 0.331 e. The predicted octanol–water partition coefficient (Wildman–Crippen LogP) is 3.32. The van der Waals surface area contributed by atoms with E-state index in [2.05, 4.69) is 5.32 Å². The second kappa shape index (κ2) is 8.52. The molecule has 0 radical (unpaired) electrons. The number of nitro benzene ring substituents is 1. The Balaban J connectivity index is 1.93. The maximum absolute atomic E-state index is 13.0. The summed E-state index contributed by atoms with van der Waals surface area (Å²) < 4.78 is 18.0. The lowest BCUT2D eigenvalue weighted by molar-refractivity contribution is -0.384. The number of rotatable bonds is 6. The van der Waals surface area contributed by atoms with E-state index in [-0.39, 0.29) is 11.4 Å². The first-order valence-electron chi connectivity index (χ1n) is 7.55. The van der Waals surface area contributed by atoms with Crippen LogP contribution in [0.25, 0.3) is 6.08 Å². The number of amides is 1. The van der Waals surface area contributed by atoms with Crippen LogP contribution in [0.1, 0.15) is 12.5 Å². The first-order valence-corrected chi connectivity index (χ1v) is 7.55. The number of carbonyl (C=O) groups excluding carboxylic acids is 2. The van der Waals surface area contributed by atoms with Gasteiger partial charge < -0.3 is 10.1 Å². The number of nitrogens with one attached hydrogen (secondary N) is 1. The minimum Gasteiger partial charge on any atom is -0.449 e. The van der Waals surface area contributed by atoms with Gasteiger partial charge in [0.1, 0.15) is 5.82 Å². The summed E-state index contributed by atoms with van der Waals surface area (Å²) in [6.45, 7) is 1.36. The number of anilines is 1. The van der Waals surface area contributed by atoms with E-state index in [0.29, 0.717) is 5.56 Å². The first-order chi connectivity index (χ1) is 12.3. The molecule has 0 heterocycles. The first kappa shape index (κ1) is 18.8. The minimum absolute atomic E-state index is 0.175. The molecule has 2 rings (SSSR count). The molecule has 1 atom stereocenters. The van der Waals surface area contributed by atoms with Crippen LogP contribution in [-0.2, 0) is 14.3 Å². The molecule has 0 aliphatic carbocycles. The molecule has 2 aromatic carbocycles. The monoisotopic (exact) mass is 358 g/mol. The molecule has 0 spiro atoms. The predicted molar refractivity (Wildman–Crippen MR) is 92.7 cm³/mol. The molecule has 1 N–H and O–H groups in total. The van der Waals surface area contributed by atoms with Crippen LogP contribution < -0.4 is 5.32 Å². The van der Waals surface area contributed by atoms with Gasteiger partial charge in [0.25, 0.3) is 11.6 Å². The quantitative estimate of drug-likeness (QED) is 0.370. The molecule has 0 bridgehead atoms. The summed E-state index contributed by atoms with van der Waals surface area (Å²) in [4.78, 5) is 33.9. The van der Waals surface area contributed by atoms with Crippen LogP contribution in [0.15, 0.2) is 54.6 Å². The Labute approximate surface area is 148 Å². The van der Waals surface area contributed by atoms with E-state index in [1.165, 1.54) is 55.5 Å². The summed E-state index contributed by atoms with van der Waals surface area (Å²) in [7, 11) is 0. The van der Waals surface area contributed by atoms with Gasteiger partial charge >= 0.3 is 5.97 Å². The van der Waals surface area contributed by atoms with Gasteiger partial charge in [0, 0.05) is 23.9 Å². The van der Waals surface area contributed by atoms with Crippen LogP contribution in [0.4, 0.5) is 15.8 Å². The van der Waals surface area contributed by atoms with Crippen LogP contribution in [0.5, 0.6) is 0 Å². The number of hydrogen-bond donors (Lipinski definition) is 1. The summed E-state index contributed by atoms with van der Waals surface area (Å²) in [5.74, 6) is -1.86. The summed E-state index contributed by atoms with van der Waals surface area (Å²) in [5, 5.41) is 13.1. The van der Waals surface area contributed by atoms with Crippen molar-refractivity contribution in [3.8, 4) is 0 Å². The molecule has 8 heteroatoms. The topological polar surface area (TPSA) is 98.5 Å². The standard InChI is InChI=1S/C18H15FN2O5/c1-12(18(23)20-15-6-3-7-16(11-15)21(24)25)26-17(22)9-8-13-4-2-5-14(19)10-13/h2-12H,1H3,(H,20,23)/b9-8+. The second-order valence-corrected chi connectivity index (χ2v) is 5.26. The SMILES string of the molecule is CC(OC(=O)/C=C/c1cccc(F)c1)C(=O)Nc1cccc([N+](=O)[O-])c1. The lowest BCUT2D eigenvalue weighted by Gasteiger charge is -2.12. The van der Waals surface area contributed by atoms with Gasteiger partial charge in [-0.2, -0.15) is 0 Å². The number of carbonyl (C=O) groups is 2. The van der Waals surface area contributed by atoms with Crippen molar-refractivity contribution in [1.82, 2.24) is 0 Å². The summed E-state index contributed by atoms with van der Waals surface area (Å²) in [6.07, 6.45) is 1.31. The highest BCUT2D eigenvalue weighted by atomic mass is 19.1. The van der Waals surface area contributed by atoms with Crippen molar-refractivity contribution in [3.63, 3.8) is 0 Å². The van der Waals surface area contributed by atoms with E-state index in [1.54, 1.807) is 6.07 Å². The summed E-state index contributed by atoms with van der Waals surface area (Å²) in [6, 6.07) is 11.0. The van der Waals surface area contributed by atoms with Gasteiger partial charge in [0.15, 0.2) is 6.10 Å². The molecular weight excluding hydrogens is 343 g/mol. The maximum atomic E-state index is 13.0. The van der Waals surface area contributed by atoms with E-state index < -0.39 is 28.7 Å². The average Bonchev–Trinajstić information content (AvgIpc) is 2.60. The molecule has 0 aliphatic rings. The van der Waals surface area contributed by atoms with Gasteiger partial charge in [-0.05, 0) is 36.8 Å². The smallest absolute Gasteiger partial charge is 0.331 e. The zero-order valence-electron chi connectivity index (χ0n) is 13.7. The van der Waals surface area contributed by atoms with E-state index in [9.17, 15) is 24.1 Å². The van der Waals surface area contributed by atoms with Crippen LogP contribution in [0.3, 0.4) is 0 Å². The second-order valence-electron chi connectivity index (χ2n) is 5.26. The Hall–Kier alpha value is -3.55. The number of non-ortho nitro benzene ring substituents is 1. The van der Waals surface area contributed by atoms with E-state index in [0.717, 1.165) is 6.08 Å². The molecule has 1 amide bonds. The van der Waals surface area contributed by atoms with Crippen molar-refractivity contribution in [2.45, 2.75) is 13.0 Å². The zero-order chi connectivity index (χ0) is 19.1. The molecule has 1 unspecified atom stereocenters. The fourth-order valence-corrected chi connectivity index (χ4v) is 1.98. The highest BCUT2D eigenvalue weighted by Gasteiger charge is 2.17. The van der Waals surface area contributed by atoms with Gasteiger partial charge in [0.05, 0.1) is 4.92 Å². The molecule has 0 fully saturated rings. The molecule has 26 heavy (non-hydrogen) atoms. The average molecular weight is 358 g/mol. The van der Waals surface area contributed by atoms with Crippen molar-refractivity contribution in [2.75, 3.05) is 5.32 Å². The lowest BCUT2D eigenvalue weighted by Crippen LogP contribution is -2.29. The molecule has 0 aliphatic heterocycles. The Morgan fingerprint density at radius 1 is 1.23 bits per heavy atom. The normalized spacial score (nSPS) is 11.8. The van der Waals surface area contributed by atoms with E-state index in [1.807, 2.05) is 0 Å². The Morgan fingerprint density at radius 3 is 2.65 bits per heavy atom. The van der Waals surface area contributed by atoms with Crippen molar-refractivity contribution in [1.29, 1.82) is 0 Å². The lowest BCUT2D eigenvalue weighted by atomic mass is 10.2. The van der Waals surface area contributed by atoms with Gasteiger partial charge in [-0.15, -0.1) is 0 Å². The molecule has 0 aromatic heterocycles. The molecular formula is C18H15FN2O5. The highest BCUT2D eigenvalue weighted by molar-refractivity contribution is 5.96. The molecule has 0 saturated heterocycles. The summed E-state index contributed by atoms with van der Waals surface area (Å²) in [5.41, 5.74) is 0.503. The van der Waals surface area contributed by atoms with Crippen molar-refractivity contribution in [3.05, 3.63) is 76.1 Å². The number of esters is 1. The third-order valence-electron chi connectivity index (χ3n) is 3.25. The number of ether oxygens (including phenoxy) is 1. The number of nitro groups is 1. The van der Waals surface area contributed by atoms with Gasteiger partial charge in [0.2, 0.25) is 0 Å². The van der Waals surface area contributed by atoms with Crippen molar-refractivity contribution >= 4 is 29.3 Å². The number of hydrogen-bond acceptors (Lipinski definition) is 5. The Morgan fingerprint density at radius 2 is 1.96 bits per heavy atom.